The van der Waals surface area contributed by atoms with Crippen molar-refractivity contribution in [3.05, 3.63) is 23.9 Å². The minimum atomic E-state index is -3.54. The fourth-order valence-electron chi connectivity index (χ4n) is 3.37. The van der Waals surface area contributed by atoms with Gasteiger partial charge in [-0.3, -0.25) is 14.5 Å². The Morgan fingerprint density at radius 3 is 2.69 bits per heavy atom. The molecule has 1 saturated heterocycles. The number of carbonyl (C=O) groups excluding carboxylic acids is 2. The number of piperazine rings is 1. The van der Waals surface area contributed by atoms with E-state index in [0.29, 0.717) is 51.4 Å². The smallest absolute Gasteiger partial charge is 0.257 e. The Balaban J connectivity index is 1.52. The number of rotatable bonds is 7. The zero-order valence-electron chi connectivity index (χ0n) is 16.5. The zero-order chi connectivity index (χ0) is 20.9. The molecule has 3 heterocycles. The maximum Gasteiger partial charge on any atom is 0.257 e. The second-order valence-electron chi connectivity index (χ2n) is 7.08. The number of carbonyl (C=O) groups is 2. The Labute approximate surface area is 170 Å². The Morgan fingerprint density at radius 2 is 1.97 bits per heavy atom. The Hall–Kier alpha value is -2.24. The second-order valence-corrected chi connectivity index (χ2v) is 8.84. The van der Waals surface area contributed by atoms with Crippen LogP contribution in [0.5, 0.6) is 0 Å². The number of nitrogens with one attached hydrogen (secondary N) is 1. The van der Waals surface area contributed by atoms with Gasteiger partial charge in [0.05, 0.1) is 17.9 Å². The van der Waals surface area contributed by atoms with Gasteiger partial charge >= 0.3 is 0 Å². The molecule has 0 atom stereocenters. The van der Waals surface area contributed by atoms with Crippen LogP contribution in [0.25, 0.3) is 0 Å². The van der Waals surface area contributed by atoms with Gasteiger partial charge in [0, 0.05) is 59.2 Å². The van der Waals surface area contributed by atoms with Crippen molar-refractivity contribution in [3.63, 3.8) is 0 Å². The van der Waals surface area contributed by atoms with E-state index in [4.69, 9.17) is 4.74 Å². The number of ether oxygens (including phenoxy) is 1. The SMILES string of the molecule is COCCCNC(=O)CN1CCN(C(=O)C2=CC=CN3CCS(=O)(=O)N=C23)CC1. The van der Waals surface area contributed by atoms with E-state index in [0.717, 1.165) is 6.42 Å². The molecular weight excluding hydrogens is 398 g/mol. The number of methoxy groups -OCH3 is 1. The molecule has 0 spiro atoms. The van der Waals surface area contributed by atoms with Crippen molar-refractivity contribution in [2.24, 2.45) is 4.40 Å². The second kappa shape index (κ2) is 9.51. The van der Waals surface area contributed by atoms with Crippen LogP contribution in [0.2, 0.25) is 0 Å². The van der Waals surface area contributed by atoms with E-state index in [1.165, 1.54) is 0 Å². The average molecular weight is 426 g/mol. The van der Waals surface area contributed by atoms with Crippen LogP contribution in [0.3, 0.4) is 0 Å². The Bertz CT molecular complexity index is 828. The zero-order valence-corrected chi connectivity index (χ0v) is 17.4. The lowest BCUT2D eigenvalue weighted by atomic mass is 10.1. The Kier molecular flexibility index (Phi) is 7.04. The number of nitrogens with zero attached hydrogens (tertiary/aromatic N) is 4. The van der Waals surface area contributed by atoms with E-state index < -0.39 is 10.0 Å². The quantitative estimate of drug-likeness (QED) is 0.509. The number of amidine groups is 1. The van der Waals surface area contributed by atoms with Gasteiger partial charge in [-0.1, -0.05) is 0 Å². The highest BCUT2D eigenvalue weighted by Gasteiger charge is 2.33. The molecule has 0 aromatic carbocycles. The standard InChI is InChI=1S/C18H27N5O5S/c1-28-12-3-5-19-16(24)14-21-7-9-23(10-8-21)18(25)15-4-2-6-22-11-13-29(26,27)20-17(15)22/h2,4,6H,3,5,7-14H2,1H3,(H,19,24). The molecule has 11 heteroatoms. The molecule has 3 rings (SSSR count). The summed E-state index contributed by atoms with van der Waals surface area (Å²) in [7, 11) is -1.92. The minimum Gasteiger partial charge on any atom is -0.385 e. The van der Waals surface area contributed by atoms with E-state index in [1.807, 2.05) is 4.90 Å². The maximum absolute atomic E-state index is 13.0. The fourth-order valence-corrected chi connectivity index (χ4v) is 4.35. The molecule has 160 valence electrons. The molecule has 10 nitrogen and oxygen atoms in total. The van der Waals surface area contributed by atoms with Gasteiger partial charge in [-0.2, -0.15) is 0 Å². The molecular formula is C18H27N5O5S. The number of fused-ring (bicyclic) bond motifs is 1. The topological polar surface area (TPSA) is 112 Å². The maximum atomic E-state index is 13.0. The molecule has 0 saturated carbocycles. The molecule has 3 aliphatic rings. The van der Waals surface area contributed by atoms with Gasteiger partial charge in [0.15, 0.2) is 5.84 Å². The van der Waals surface area contributed by atoms with Crippen LogP contribution in [0, 0.1) is 0 Å². The third-order valence-corrected chi connectivity index (χ3v) is 6.11. The molecule has 0 bridgehead atoms. The molecule has 0 radical (unpaired) electrons. The first-order chi connectivity index (χ1) is 13.9. The molecule has 2 amide bonds. The highest BCUT2D eigenvalue weighted by Crippen LogP contribution is 2.20. The van der Waals surface area contributed by atoms with Crippen molar-refractivity contribution < 1.29 is 22.7 Å². The summed E-state index contributed by atoms with van der Waals surface area (Å²) in [6.45, 7) is 3.86. The van der Waals surface area contributed by atoms with Crippen LogP contribution in [-0.4, -0.2) is 106 Å². The van der Waals surface area contributed by atoms with Gasteiger partial charge in [0.1, 0.15) is 0 Å². The van der Waals surface area contributed by atoms with Gasteiger partial charge in [0.25, 0.3) is 15.9 Å². The highest BCUT2D eigenvalue weighted by molar-refractivity contribution is 7.90. The van der Waals surface area contributed by atoms with E-state index in [1.54, 1.807) is 35.3 Å². The van der Waals surface area contributed by atoms with Crippen molar-refractivity contribution in [2.75, 3.05) is 65.3 Å². The predicted molar refractivity (Wildman–Crippen MR) is 108 cm³/mol. The third kappa shape index (κ3) is 5.64. The molecule has 0 aromatic rings. The van der Waals surface area contributed by atoms with E-state index >= 15 is 0 Å². The van der Waals surface area contributed by atoms with E-state index in [2.05, 4.69) is 9.71 Å². The molecule has 1 N–H and O–H groups in total. The monoisotopic (exact) mass is 425 g/mol. The van der Waals surface area contributed by atoms with Gasteiger partial charge in [-0.05, 0) is 18.6 Å². The summed E-state index contributed by atoms with van der Waals surface area (Å²) >= 11 is 0. The van der Waals surface area contributed by atoms with Gasteiger partial charge in [-0.15, -0.1) is 4.40 Å². The molecule has 1 fully saturated rings. The molecule has 3 aliphatic heterocycles. The van der Waals surface area contributed by atoms with Crippen LogP contribution >= 0.6 is 0 Å². The largest absolute Gasteiger partial charge is 0.385 e. The number of amides is 2. The summed E-state index contributed by atoms with van der Waals surface area (Å²) in [6, 6.07) is 0. The van der Waals surface area contributed by atoms with Crippen LogP contribution in [0.4, 0.5) is 0 Å². The first-order valence-corrected chi connectivity index (χ1v) is 11.3. The summed E-state index contributed by atoms with van der Waals surface area (Å²) in [6.07, 6.45) is 5.84. The van der Waals surface area contributed by atoms with Crippen LogP contribution in [0.1, 0.15) is 6.42 Å². The third-order valence-electron chi connectivity index (χ3n) is 4.96. The van der Waals surface area contributed by atoms with E-state index in [9.17, 15) is 18.0 Å². The van der Waals surface area contributed by atoms with Crippen molar-refractivity contribution in [3.8, 4) is 0 Å². The normalized spacial score (nSPS) is 21.3. The first kappa shape index (κ1) is 21.5. The number of hydrogen-bond acceptors (Lipinski definition) is 7. The number of hydrogen-bond donors (Lipinski definition) is 1. The van der Waals surface area contributed by atoms with Crippen LogP contribution < -0.4 is 5.32 Å². The summed E-state index contributed by atoms with van der Waals surface area (Å²) in [5, 5.41) is 2.85. The summed E-state index contributed by atoms with van der Waals surface area (Å²) in [4.78, 5) is 30.3. The average Bonchev–Trinajstić information content (AvgIpc) is 2.70. The van der Waals surface area contributed by atoms with Crippen LogP contribution in [0.15, 0.2) is 28.3 Å². The summed E-state index contributed by atoms with van der Waals surface area (Å²) in [5.41, 5.74) is 0.292. The lowest BCUT2D eigenvalue weighted by molar-refractivity contribution is -0.129. The van der Waals surface area contributed by atoms with Gasteiger partial charge in [0.2, 0.25) is 5.91 Å². The lowest BCUT2D eigenvalue weighted by Gasteiger charge is -2.36. The van der Waals surface area contributed by atoms with Crippen LogP contribution in [-0.2, 0) is 24.3 Å². The molecule has 0 aromatic heterocycles. The van der Waals surface area contributed by atoms with Crippen molar-refractivity contribution >= 4 is 27.7 Å². The highest BCUT2D eigenvalue weighted by atomic mass is 32.2. The van der Waals surface area contributed by atoms with Crippen molar-refractivity contribution in [1.82, 2.24) is 20.0 Å². The fraction of sp³-hybridized carbons (Fsp3) is 0.611. The Morgan fingerprint density at radius 1 is 1.21 bits per heavy atom. The summed E-state index contributed by atoms with van der Waals surface area (Å²) in [5.74, 6) is -0.145. The predicted octanol–water partition coefficient (Wildman–Crippen LogP) is -1.22. The van der Waals surface area contributed by atoms with Crippen molar-refractivity contribution in [2.45, 2.75) is 6.42 Å². The molecule has 29 heavy (non-hydrogen) atoms. The number of allylic oxidation sites excluding steroid dienone is 2. The van der Waals surface area contributed by atoms with Crippen molar-refractivity contribution in [1.29, 1.82) is 0 Å². The van der Waals surface area contributed by atoms with Gasteiger partial charge in [-0.25, -0.2) is 8.42 Å². The molecule has 0 aliphatic carbocycles. The van der Waals surface area contributed by atoms with E-state index in [-0.39, 0.29) is 29.9 Å². The summed E-state index contributed by atoms with van der Waals surface area (Å²) < 4.78 is 32.5. The number of sulfonamides is 1. The molecule has 0 unspecified atom stereocenters. The first-order valence-electron chi connectivity index (χ1n) is 9.65. The lowest BCUT2D eigenvalue weighted by Crippen LogP contribution is -2.52. The minimum absolute atomic E-state index is 0.0431. The van der Waals surface area contributed by atoms with Gasteiger partial charge < -0.3 is 19.9 Å².